The summed E-state index contributed by atoms with van der Waals surface area (Å²) in [6, 6.07) is 0.0637. The molecule has 1 heterocycles. The van der Waals surface area contributed by atoms with E-state index in [-0.39, 0.29) is 12.2 Å². The molecular formula is C17H34N2O. The molecular weight excluding hydrogens is 248 g/mol. The van der Waals surface area contributed by atoms with Crippen LogP contribution in [-0.4, -0.2) is 29.6 Å². The minimum Gasteiger partial charge on any atom is -0.326 e. The molecule has 1 N–H and O–H groups in total. The van der Waals surface area contributed by atoms with E-state index in [0.29, 0.717) is 11.8 Å². The molecule has 1 aliphatic heterocycles. The SMILES string of the molecule is CCCC1NC(CC(C)C)N(CCCCC(C)C)C1=O. The first-order chi connectivity index (χ1) is 9.45. The molecule has 0 aromatic carbocycles. The number of carbonyl (C=O) groups excluding carboxylic acids is 1. The summed E-state index contributed by atoms with van der Waals surface area (Å²) in [6.45, 7) is 12.1. The van der Waals surface area contributed by atoms with Crippen molar-refractivity contribution in [2.45, 2.75) is 85.4 Å². The monoisotopic (exact) mass is 282 g/mol. The summed E-state index contributed by atoms with van der Waals surface area (Å²) in [7, 11) is 0. The summed E-state index contributed by atoms with van der Waals surface area (Å²) in [6.07, 6.45) is 7.00. The van der Waals surface area contributed by atoms with E-state index in [1.54, 1.807) is 0 Å². The summed E-state index contributed by atoms with van der Waals surface area (Å²) >= 11 is 0. The fourth-order valence-corrected chi connectivity index (χ4v) is 2.99. The van der Waals surface area contributed by atoms with E-state index in [2.05, 4.69) is 44.8 Å². The lowest BCUT2D eigenvalue weighted by Gasteiger charge is -2.25. The first kappa shape index (κ1) is 17.5. The smallest absolute Gasteiger partial charge is 0.241 e. The normalized spacial score (nSPS) is 23.4. The Morgan fingerprint density at radius 2 is 1.85 bits per heavy atom. The molecule has 1 amide bonds. The van der Waals surface area contributed by atoms with Crippen molar-refractivity contribution in [1.29, 1.82) is 0 Å². The number of nitrogens with zero attached hydrogens (tertiary/aromatic N) is 1. The molecule has 0 spiro atoms. The molecule has 2 atom stereocenters. The molecule has 0 aromatic rings. The average Bonchev–Trinajstić information content (AvgIpc) is 2.62. The Morgan fingerprint density at radius 3 is 2.40 bits per heavy atom. The third-order valence-electron chi connectivity index (χ3n) is 4.05. The number of carbonyl (C=O) groups is 1. The predicted molar refractivity (Wildman–Crippen MR) is 85.5 cm³/mol. The Morgan fingerprint density at radius 1 is 1.15 bits per heavy atom. The van der Waals surface area contributed by atoms with Crippen molar-refractivity contribution in [2.75, 3.05) is 6.54 Å². The average molecular weight is 282 g/mol. The molecule has 0 bridgehead atoms. The Balaban J connectivity index is 2.50. The molecule has 0 saturated carbocycles. The van der Waals surface area contributed by atoms with Gasteiger partial charge in [0.25, 0.3) is 0 Å². The summed E-state index contributed by atoms with van der Waals surface area (Å²) in [5.74, 6) is 1.72. The van der Waals surface area contributed by atoms with Crippen LogP contribution < -0.4 is 5.32 Å². The van der Waals surface area contributed by atoms with Gasteiger partial charge in [0.1, 0.15) is 0 Å². The number of hydrogen-bond donors (Lipinski definition) is 1. The number of hydrogen-bond acceptors (Lipinski definition) is 2. The highest BCUT2D eigenvalue weighted by Crippen LogP contribution is 2.21. The maximum Gasteiger partial charge on any atom is 0.241 e. The van der Waals surface area contributed by atoms with Crippen molar-refractivity contribution in [3.63, 3.8) is 0 Å². The van der Waals surface area contributed by atoms with Crippen LogP contribution in [0.1, 0.15) is 73.1 Å². The molecule has 2 unspecified atom stereocenters. The van der Waals surface area contributed by atoms with Gasteiger partial charge in [-0.05, 0) is 31.1 Å². The van der Waals surface area contributed by atoms with Crippen LogP contribution in [0.15, 0.2) is 0 Å². The maximum absolute atomic E-state index is 12.5. The second-order valence-corrected chi connectivity index (χ2v) is 7.07. The molecule has 0 aromatic heterocycles. The molecule has 3 nitrogen and oxygen atoms in total. The van der Waals surface area contributed by atoms with Gasteiger partial charge in [-0.15, -0.1) is 0 Å². The number of amides is 1. The molecule has 1 aliphatic rings. The standard InChI is InChI=1S/C17H34N2O/c1-6-9-15-17(20)19(11-8-7-10-13(2)3)16(18-15)12-14(4)5/h13-16,18H,6-12H2,1-5H3. The molecule has 1 saturated heterocycles. The third kappa shape index (κ3) is 5.43. The third-order valence-corrected chi connectivity index (χ3v) is 4.05. The maximum atomic E-state index is 12.5. The van der Waals surface area contributed by atoms with Crippen molar-refractivity contribution in [2.24, 2.45) is 11.8 Å². The van der Waals surface area contributed by atoms with Gasteiger partial charge in [-0.1, -0.05) is 53.9 Å². The van der Waals surface area contributed by atoms with Crippen LogP contribution in [0.5, 0.6) is 0 Å². The molecule has 0 aliphatic carbocycles. The number of rotatable bonds is 9. The Labute approximate surface area is 125 Å². The second kappa shape index (κ2) is 8.66. The van der Waals surface area contributed by atoms with E-state index in [1.807, 2.05) is 0 Å². The van der Waals surface area contributed by atoms with Crippen LogP contribution in [0.4, 0.5) is 0 Å². The Hall–Kier alpha value is -0.570. The molecule has 0 radical (unpaired) electrons. The highest BCUT2D eigenvalue weighted by molar-refractivity contribution is 5.84. The van der Waals surface area contributed by atoms with Crippen molar-refractivity contribution in [3.8, 4) is 0 Å². The van der Waals surface area contributed by atoms with E-state index < -0.39 is 0 Å². The van der Waals surface area contributed by atoms with Crippen LogP contribution in [0.2, 0.25) is 0 Å². The van der Waals surface area contributed by atoms with Gasteiger partial charge in [0, 0.05) is 6.54 Å². The predicted octanol–water partition coefficient (Wildman–Crippen LogP) is 3.79. The lowest BCUT2D eigenvalue weighted by molar-refractivity contribution is -0.130. The van der Waals surface area contributed by atoms with Gasteiger partial charge >= 0.3 is 0 Å². The molecule has 118 valence electrons. The summed E-state index contributed by atoms with van der Waals surface area (Å²) in [4.78, 5) is 14.6. The zero-order valence-corrected chi connectivity index (χ0v) is 14.1. The highest BCUT2D eigenvalue weighted by atomic mass is 16.2. The van der Waals surface area contributed by atoms with Gasteiger partial charge < -0.3 is 4.90 Å². The number of nitrogens with one attached hydrogen (secondary N) is 1. The van der Waals surface area contributed by atoms with E-state index in [9.17, 15) is 4.79 Å². The van der Waals surface area contributed by atoms with Crippen molar-refractivity contribution >= 4 is 5.91 Å². The molecule has 1 fully saturated rings. The Bertz CT molecular complexity index is 289. The van der Waals surface area contributed by atoms with Gasteiger partial charge in [-0.25, -0.2) is 0 Å². The van der Waals surface area contributed by atoms with Crippen LogP contribution in [0.25, 0.3) is 0 Å². The van der Waals surface area contributed by atoms with E-state index in [1.165, 1.54) is 12.8 Å². The zero-order valence-electron chi connectivity index (χ0n) is 14.1. The largest absolute Gasteiger partial charge is 0.326 e. The number of unbranched alkanes of at least 4 members (excludes halogenated alkanes) is 1. The fourth-order valence-electron chi connectivity index (χ4n) is 2.99. The first-order valence-corrected chi connectivity index (χ1v) is 8.52. The van der Waals surface area contributed by atoms with Crippen molar-refractivity contribution in [3.05, 3.63) is 0 Å². The lowest BCUT2D eigenvalue weighted by atomic mass is 10.1. The van der Waals surface area contributed by atoms with Crippen molar-refractivity contribution in [1.82, 2.24) is 10.2 Å². The highest BCUT2D eigenvalue weighted by Gasteiger charge is 2.37. The van der Waals surface area contributed by atoms with Gasteiger partial charge in [-0.3, -0.25) is 10.1 Å². The van der Waals surface area contributed by atoms with Gasteiger partial charge in [0.15, 0.2) is 0 Å². The van der Waals surface area contributed by atoms with Crippen molar-refractivity contribution < 1.29 is 4.79 Å². The van der Waals surface area contributed by atoms with Crippen LogP contribution >= 0.6 is 0 Å². The fraction of sp³-hybridized carbons (Fsp3) is 0.941. The van der Waals surface area contributed by atoms with Crippen LogP contribution in [0.3, 0.4) is 0 Å². The van der Waals surface area contributed by atoms with Crippen LogP contribution in [-0.2, 0) is 4.79 Å². The zero-order chi connectivity index (χ0) is 15.1. The quantitative estimate of drug-likeness (QED) is 0.653. The Kier molecular flexibility index (Phi) is 7.57. The van der Waals surface area contributed by atoms with Gasteiger partial charge in [0.05, 0.1) is 12.2 Å². The summed E-state index contributed by atoms with van der Waals surface area (Å²) in [5, 5.41) is 3.55. The minimum atomic E-state index is 0.0637. The van der Waals surface area contributed by atoms with Gasteiger partial charge in [0.2, 0.25) is 5.91 Å². The molecule has 20 heavy (non-hydrogen) atoms. The van der Waals surface area contributed by atoms with Gasteiger partial charge in [-0.2, -0.15) is 0 Å². The minimum absolute atomic E-state index is 0.0637. The topological polar surface area (TPSA) is 32.3 Å². The lowest BCUT2D eigenvalue weighted by Crippen LogP contribution is -2.39. The van der Waals surface area contributed by atoms with E-state index in [4.69, 9.17) is 0 Å². The summed E-state index contributed by atoms with van der Waals surface area (Å²) in [5.41, 5.74) is 0. The molecule has 3 heteroatoms. The van der Waals surface area contributed by atoms with E-state index in [0.717, 1.165) is 38.1 Å². The first-order valence-electron chi connectivity index (χ1n) is 8.52. The molecule has 1 rings (SSSR count). The van der Waals surface area contributed by atoms with Crippen LogP contribution in [0, 0.1) is 11.8 Å². The second-order valence-electron chi connectivity index (χ2n) is 7.07. The van der Waals surface area contributed by atoms with E-state index >= 15 is 0 Å². The summed E-state index contributed by atoms with van der Waals surface area (Å²) < 4.78 is 0.